The minimum absolute atomic E-state index is 0.201. The highest BCUT2D eigenvalue weighted by Gasteiger charge is 2.14. The molecule has 1 N–H and O–H groups in total. The lowest BCUT2D eigenvalue weighted by Crippen LogP contribution is -2.28. The first-order chi connectivity index (χ1) is 12.0. The van der Waals surface area contributed by atoms with Crippen LogP contribution in [0.4, 0.5) is 0 Å². The minimum atomic E-state index is -0.305. The van der Waals surface area contributed by atoms with Gasteiger partial charge in [-0.05, 0) is 56.4 Å². The first-order valence-electron chi connectivity index (χ1n) is 8.59. The van der Waals surface area contributed by atoms with E-state index in [1.165, 1.54) is 12.5 Å². The fraction of sp³-hybridized carbons (Fsp3) is 0.273. The Hall–Kier alpha value is -2.68. The van der Waals surface area contributed by atoms with E-state index >= 15 is 0 Å². The van der Waals surface area contributed by atoms with Crippen LogP contribution in [-0.4, -0.2) is 18.2 Å². The second-order valence-corrected chi connectivity index (χ2v) is 6.32. The summed E-state index contributed by atoms with van der Waals surface area (Å²) in [6.07, 6.45) is 3.42. The van der Waals surface area contributed by atoms with E-state index < -0.39 is 0 Å². The summed E-state index contributed by atoms with van der Waals surface area (Å²) in [4.78, 5) is 24.3. The number of benzene rings is 2. The van der Waals surface area contributed by atoms with E-state index in [4.69, 9.17) is 0 Å². The van der Waals surface area contributed by atoms with Gasteiger partial charge in [-0.25, -0.2) is 0 Å². The van der Waals surface area contributed by atoms with Crippen LogP contribution in [0, 0.1) is 13.8 Å². The number of ketones is 1. The third-order valence-electron chi connectivity index (χ3n) is 4.12. The average Bonchev–Trinajstić information content (AvgIpc) is 2.58. The van der Waals surface area contributed by atoms with Crippen molar-refractivity contribution in [3.05, 3.63) is 76.4 Å². The number of aryl methyl sites for hydroxylation is 3. The van der Waals surface area contributed by atoms with Crippen LogP contribution < -0.4 is 5.32 Å². The molecule has 0 heterocycles. The van der Waals surface area contributed by atoms with Crippen molar-refractivity contribution in [3.8, 4) is 0 Å². The Labute approximate surface area is 149 Å². The highest BCUT2D eigenvalue weighted by molar-refractivity contribution is 6.21. The molecule has 3 heteroatoms. The number of carbonyl (C=O) groups is 2. The third kappa shape index (κ3) is 5.71. The Kier molecular flexibility index (Phi) is 6.70. The molecule has 0 aliphatic rings. The van der Waals surface area contributed by atoms with Crippen LogP contribution in [0.25, 0.3) is 6.08 Å². The van der Waals surface area contributed by atoms with Crippen molar-refractivity contribution in [2.24, 2.45) is 0 Å². The van der Waals surface area contributed by atoms with Gasteiger partial charge in [0.25, 0.3) is 5.91 Å². The summed E-state index contributed by atoms with van der Waals surface area (Å²) < 4.78 is 0. The van der Waals surface area contributed by atoms with Crippen LogP contribution in [0.2, 0.25) is 0 Å². The second-order valence-electron chi connectivity index (χ2n) is 6.32. The first kappa shape index (κ1) is 18.7. The van der Waals surface area contributed by atoms with E-state index in [0.29, 0.717) is 6.54 Å². The number of hydrogen-bond donors (Lipinski definition) is 1. The van der Waals surface area contributed by atoms with Crippen molar-refractivity contribution in [2.45, 2.75) is 33.6 Å². The molecule has 2 aromatic carbocycles. The molecule has 0 aliphatic carbocycles. The summed E-state index contributed by atoms with van der Waals surface area (Å²) in [5.41, 5.74) is 4.55. The Morgan fingerprint density at radius 3 is 2.40 bits per heavy atom. The molecule has 0 unspecified atom stereocenters. The largest absolute Gasteiger partial charge is 0.352 e. The van der Waals surface area contributed by atoms with Crippen LogP contribution in [0.3, 0.4) is 0 Å². The molecule has 25 heavy (non-hydrogen) atoms. The Balaban J connectivity index is 1.98. The number of amides is 1. The van der Waals surface area contributed by atoms with Gasteiger partial charge in [-0.3, -0.25) is 9.59 Å². The predicted octanol–water partition coefficient (Wildman–Crippen LogP) is 4.02. The molecule has 0 radical (unpaired) electrons. The van der Waals surface area contributed by atoms with E-state index in [-0.39, 0.29) is 17.3 Å². The van der Waals surface area contributed by atoms with Gasteiger partial charge in [0.2, 0.25) is 0 Å². The minimum Gasteiger partial charge on any atom is -0.352 e. The maximum Gasteiger partial charge on any atom is 0.254 e. The summed E-state index contributed by atoms with van der Waals surface area (Å²) in [6.45, 7) is 5.98. The van der Waals surface area contributed by atoms with Gasteiger partial charge in [0, 0.05) is 6.54 Å². The lowest BCUT2D eigenvalue weighted by Gasteiger charge is -2.08. The maximum absolute atomic E-state index is 12.4. The maximum atomic E-state index is 12.4. The van der Waals surface area contributed by atoms with Crippen LogP contribution in [0.1, 0.15) is 35.6 Å². The van der Waals surface area contributed by atoms with Crippen molar-refractivity contribution >= 4 is 17.8 Å². The van der Waals surface area contributed by atoms with E-state index in [1.807, 2.05) is 50.2 Å². The first-order valence-corrected chi connectivity index (χ1v) is 8.59. The Bertz CT molecular complexity index is 776. The molecule has 2 aromatic rings. The van der Waals surface area contributed by atoms with Gasteiger partial charge in [0.1, 0.15) is 0 Å². The fourth-order valence-corrected chi connectivity index (χ4v) is 2.70. The molecule has 3 nitrogen and oxygen atoms in total. The van der Waals surface area contributed by atoms with Gasteiger partial charge in [0.05, 0.1) is 5.57 Å². The van der Waals surface area contributed by atoms with Crippen LogP contribution in [0.5, 0.6) is 0 Å². The molecule has 0 aliphatic heterocycles. The molecule has 130 valence electrons. The van der Waals surface area contributed by atoms with Gasteiger partial charge in [-0.15, -0.1) is 0 Å². The van der Waals surface area contributed by atoms with E-state index in [9.17, 15) is 9.59 Å². The van der Waals surface area contributed by atoms with Crippen LogP contribution in [-0.2, 0) is 16.0 Å². The fourth-order valence-electron chi connectivity index (χ4n) is 2.70. The zero-order valence-corrected chi connectivity index (χ0v) is 15.1. The number of hydrogen-bond acceptors (Lipinski definition) is 2. The van der Waals surface area contributed by atoms with Crippen LogP contribution >= 0.6 is 0 Å². The summed E-state index contributed by atoms with van der Waals surface area (Å²) >= 11 is 0. The zero-order chi connectivity index (χ0) is 18.2. The molecule has 0 fully saturated rings. The highest BCUT2D eigenvalue weighted by Crippen LogP contribution is 2.15. The average molecular weight is 335 g/mol. The second kappa shape index (κ2) is 8.97. The number of nitrogens with one attached hydrogen (secondary N) is 1. The van der Waals surface area contributed by atoms with Gasteiger partial charge in [0.15, 0.2) is 5.78 Å². The molecule has 0 spiro atoms. The van der Waals surface area contributed by atoms with Crippen molar-refractivity contribution in [2.75, 3.05) is 6.54 Å². The molecule has 0 aromatic heterocycles. The lowest BCUT2D eigenvalue weighted by atomic mass is 10.0. The molecule has 1 amide bonds. The summed E-state index contributed by atoms with van der Waals surface area (Å²) in [5, 5.41) is 2.86. The number of carbonyl (C=O) groups excluding carboxylic acids is 2. The number of rotatable bonds is 7. The summed E-state index contributed by atoms with van der Waals surface area (Å²) in [7, 11) is 0. The number of Topliss-reactive ketones (excluding diaryl/α,β-unsaturated/α-hetero) is 1. The molecule has 0 saturated carbocycles. The van der Waals surface area contributed by atoms with Crippen molar-refractivity contribution in [1.29, 1.82) is 0 Å². The Morgan fingerprint density at radius 2 is 1.76 bits per heavy atom. The van der Waals surface area contributed by atoms with Gasteiger partial charge in [-0.1, -0.05) is 54.1 Å². The standard InChI is InChI=1S/C22H25NO2/c1-16-11-12-20(17(2)14-16)15-21(18(3)24)22(25)23-13-7-10-19-8-5-4-6-9-19/h4-6,8-9,11-12,14-15H,7,10,13H2,1-3H3,(H,23,25)/b21-15-. The molecular formula is C22H25NO2. The van der Waals surface area contributed by atoms with Gasteiger partial charge in [-0.2, -0.15) is 0 Å². The molecular weight excluding hydrogens is 310 g/mol. The van der Waals surface area contributed by atoms with Crippen LogP contribution in [0.15, 0.2) is 54.1 Å². The Morgan fingerprint density at radius 1 is 1.04 bits per heavy atom. The van der Waals surface area contributed by atoms with Crippen molar-refractivity contribution < 1.29 is 9.59 Å². The SMILES string of the molecule is CC(=O)/C(=C/c1ccc(C)cc1C)C(=O)NCCCc1ccccc1. The third-order valence-corrected chi connectivity index (χ3v) is 4.12. The van der Waals surface area contributed by atoms with Crippen molar-refractivity contribution in [3.63, 3.8) is 0 Å². The highest BCUT2D eigenvalue weighted by atomic mass is 16.2. The van der Waals surface area contributed by atoms with Gasteiger partial charge < -0.3 is 5.32 Å². The molecule has 0 bridgehead atoms. The topological polar surface area (TPSA) is 46.2 Å². The quantitative estimate of drug-likeness (QED) is 0.359. The monoisotopic (exact) mass is 335 g/mol. The van der Waals surface area contributed by atoms with E-state index in [1.54, 1.807) is 6.08 Å². The summed E-state index contributed by atoms with van der Waals surface area (Å²) in [6, 6.07) is 16.1. The molecule has 2 rings (SSSR count). The smallest absolute Gasteiger partial charge is 0.254 e. The van der Waals surface area contributed by atoms with E-state index in [0.717, 1.165) is 29.5 Å². The van der Waals surface area contributed by atoms with E-state index in [2.05, 4.69) is 17.4 Å². The lowest BCUT2D eigenvalue weighted by molar-refractivity contribution is -0.121. The molecule has 0 saturated heterocycles. The van der Waals surface area contributed by atoms with Gasteiger partial charge >= 0.3 is 0 Å². The molecule has 0 atom stereocenters. The summed E-state index contributed by atoms with van der Waals surface area (Å²) in [5.74, 6) is -0.527. The van der Waals surface area contributed by atoms with Crippen molar-refractivity contribution in [1.82, 2.24) is 5.32 Å². The zero-order valence-electron chi connectivity index (χ0n) is 15.1. The normalized spacial score (nSPS) is 11.2. The predicted molar refractivity (Wildman–Crippen MR) is 102 cm³/mol.